The summed E-state index contributed by atoms with van der Waals surface area (Å²) in [5.41, 5.74) is 6.35. The van der Waals surface area contributed by atoms with Gasteiger partial charge in [-0.25, -0.2) is 0 Å². The van der Waals surface area contributed by atoms with Crippen molar-refractivity contribution in [3.05, 3.63) is 24.3 Å². The maximum atomic E-state index is 12.0. The van der Waals surface area contributed by atoms with Gasteiger partial charge in [0.15, 0.2) is 0 Å². The van der Waals surface area contributed by atoms with Crippen LogP contribution in [0.5, 0.6) is 5.75 Å². The molecule has 0 saturated heterocycles. The summed E-state index contributed by atoms with van der Waals surface area (Å²) in [6.45, 7) is 0.381. The van der Waals surface area contributed by atoms with E-state index in [-0.39, 0.29) is 5.91 Å². The SMILES string of the molecule is CSC1CCCCC1NC(=O)CCOc1cccc(N)c1. The first kappa shape index (κ1) is 16.0. The number of carbonyl (C=O) groups is 1. The average Bonchev–Trinajstić information content (AvgIpc) is 2.48. The van der Waals surface area contributed by atoms with Crippen molar-refractivity contribution >= 4 is 23.4 Å². The zero-order chi connectivity index (χ0) is 15.1. The van der Waals surface area contributed by atoms with Crippen LogP contribution in [0, 0.1) is 0 Å². The number of thioether (sulfide) groups is 1. The van der Waals surface area contributed by atoms with Gasteiger partial charge in [0.1, 0.15) is 5.75 Å². The van der Waals surface area contributed by atoms with Crippen molar-refractivity contribution in [1.29, 1.82) is 0 Å². The molecule has 1 amide bonds. The molecule has 116 valence electrons. The minimum absolute atomic E-state index is 0.0739. The second-order valence-electron chi connectivity index (χ2n) is 5.40. The number of nitrogen functional groups attached to an aromatic ring is 1. The molecule has 0 aromatic heterocycles. The van der Waals surface area contributed by atoms with E-state index >= 15 is 0 Å². The number of carbonyl (C=O) groups excluding carboxylic acids is 1. The standard InChI is InChI=1S/C16H24N2O2S/c1-21-15-8-3-2-7-14(15)18-16(19)9-10-20-13-6-4-5-12(17)11-13/h4-6,11,14-15H,2-3,7-10,17H2,1H3,(H,18,19). The fourth-order valence-corrected chi connectivity index (χ4v) is 3.62. The lowest BCUT2D eigenvalue weighted by Crippen LogP contribution is -2.44. The third kappa shape index (κ3) is 5.16. The number of anilines is 1. The molecule has 21 heavy (non-hydrogen) atoms. The molecule has 1 aromatic carbocycles. The Hall–Kier alpha value is -1.36. The zero-order valence-electron chi connectivity index (χ0n) is 12.5. The Labute approximate surface area is 130 Å². The molecule has 1 aliphatic carbocycles. The van der Waals surface area contributed by atoms with E-state index in [0.717, 1.165) is 6.42 Å². The van der Waals surface area contributed by atoms with E-state index in [2.05, 4.69) is 11.6 Å². The summed E-state index contributed by atoms with van der Waals surface area (Å²) in [5.74, 6) is 0.785. The predicted molar refractivity (Wildman–Crippen MR) is 88.7 cm³/mol. The quantitative estimate of drug-likeness (QED) is 0.793. The fraction of sp³-hybridized carbons (Fsp3) is 0.562. The predicted octanol–water partition coefficient (Wildman–Crippen LogP) is 2.83. The molecule has 4 nitrogen and oxygen atoms in total. The number of nitrogens with two attached hydrogens (primary N) is 1. The number of benzene rings is 1. The van der Waals surface area contributed by atoms with Crippen molar-refractivity contribution in [2.45, 2.75) is 43.4 Å². The lowest BCUT2D eigenvalue weighted by Gasteiger charge is -2.30. The summed E-state index contributed by atoms with van der Waals surface area (Å²) >= 11 is 1.86. The second kappa shape index (κ2) is 8.17. The molecule has 2 unspecified atom stereocenters. The van der Waals surface area contributed by atoms with Gasteiger partial charge in [0.05, 0.1) is 13.0 Å². The van der Waals surface area contributed by atoms with Crippen LogP contribution in [0.3, 0.4) is 0 Å². The monoisotopic (exact) mass is 308 g/mol. The normalized spacial score (nSPS) is 21.8. The number of ether oxygens (including phenoxy) is 1. The highest BCUT2D eigenvalue weighted by atomic mass is 32.2. The van der Waals surface area contributed by atoms with E-state index in [4.69, 9.17) is 10.5 Å². The summed E-state index contributed by atoms with van der Waals surface area (Å²) in [6.07, 6.45) is 7.28. The first-order valence-corrected chi connectivity index (χ1v) is 8.78. The van der Waals surface area contributed by atoms with Crippen LogP contribution < -0.4 is 15.8 Å². The molecule has 0 bridgehead atoms. The molecule has 0 aliphatic heterocycles. The highest BCUT2D eigenvalue weighted by Crippen LogP contribution is 2.27. The number of hydrogen-bond donors (Lipinski definition) is 2. The van der Waals surface area contributed by atoms with Gasteiger partial charge in [0, 0.05) is 23.0 Å². The van der Waals surface area contributed by atoms with E-state index in [1.807, 2.05) is 30.0 Å². The number of amides is 1. The lowest BCUT2D eigenvalue weighted by atomic mass is 9.95. The van der Waals surface area contributed by atoms with Gasteiger partial charge in [-0.3, -0.25) is 4.79 Å². The van der Waals surface area contributed by atoms with Gasteiger partial charge in [-0.15, -0.1) is 0 Å². The Morgan fingerprint density at radius 2 is 2.24 bits per heavy atom. The Kier molecular flexibility index (Phi) is 6.23. The molecule has 1 aromatic rings. The maximum absolute atomic E-state index is 12.0. The Bertz CT molecular complexity index is 467. The van der Waals surface area contributed by atoms with Gasteiger partial charge in [-0.1, -0.05) is 18.9 Å². The summed E-state index contributed by atoms with van der Waals surface area (Å²) in [6, 6.07) is 7.58. The van der Waals surface area contributed by atoms with Crippen LogP contribution in [0.15, 0.2) is 24.3 Å². The van der Waals surface area contributed by atoms with Crippen molar-refractivity contribution in [2.75, 3.05) is 18.6 Å². The lowest BCUT2D eigenvalue weighted by molar-refractivity contribution is -0.122. The highest BCUT2D eigenvalue weighted by Gasteiger charge is 2.25. The molecule has 1 saturated carbocycles. The van der Waals surface area contributed by atoms with Crippen LogP contribution in [-0.2, 0) is 4.79 Å². The summed E-state index contributed by atoms with van der Waals surface area (Å²) in [7, 11) is 0. The van der Waals surface area contributed by atoms with Crippen molar-refractivity contribution in [3.8, 4) is 5.75 Å². The molecule has 1 aliphatic rings. The smallest absolute Gasteiger partial charge is 0.223 e. The van der Waals surface area contributed by atoms with E-state index < -0.39 is 0 Å². The number of hydrogen-bond acceptors (Lipinski definition) is 4. The first-order valence-electron chi connectivity index (χ1n) is 7.49. The van der Waals surface area contributed by atoms with Crippen LogP contribution in [0.1, 0.15) is 32.1 Å². The number of nitrogens with one attached hydrogen (secondary N) is 1. The minimum Gasteiger partial charge on any atom is -0.493 e. The first-order chi connectivity index (χ1) is 10.2. The van der Waals surface area contributed by atoms with Gasteiger partial charge in [0.2, 0.25) is 5.91 Å². The number of rotatable bonds is 6. The minimum atomic E-state index is 0.0739. The van der Waals surface area contributed by atoms with Gasteiger partial charge >= 0.3 is 0 Å². The fourth-order valence-electron chi connectivity index (χ4n) is 2.69. The Morgan fingerprint density at radius 3 is 3.00 bits per heavy atom. The van der Waals surface area contributed by atoms with Crippen LogP contribution in [-0.4, -0.2) is 30.1 Å². The van der Waals surface area contributed by atoms with E-state index in [9.17, 15) is 4.79 Å². The van der Waals surface area contributed by atoms with Gasteiger partial charge in [0.25, 0.3) is 0 Å². The molecular formula is C16H24N2O2S. The largest absolute Gasteiger partial charge is 0.493 e. The van der Waals surface area contributed by atoms with Crippen molar-refractivity contribution in [3.63, 3.8) is 0 Å². The third-order valence-electron chi connectivity index (χ3n) is 3.81. The topological polar surface area (TPSA) is 64.3 Å². The van der Waals surface area contributed by atoms with Crippen LogP contribution in [0.25, 0.3) is 0 Å². The zero-order valence-corrected chi connectivity index (χ0v) is 13.3. The average molecular weight is 308 g/mol. The maximum Gasteiger partial charge on any atom is 0.223 e. The van der Waals surface area contributed by atoms with E-state index in [0.29, 0.717) is 35.8 Å². The molecular weight excluding hydrogens is 284 g/mol. The summed E-state index contributed by atoms with van der Waals surface area (Å²) in [4.78, 5) is 12.0. The van der Waals surface area contributed by atoms with Crippen molar-refractivity contribution in [1.82, 2.24) is 5.32 Å². The molecule has 1 fully saturated rings. The summed E-state index contributed by atoms with van der Waals surface area (Å²) < 4.78 is 5.55. The van der Waals surface area contributed by atoms with Gasteiger partial charge in [-0.2, -0.15) is 11.8 Å². The van der Waals surface area contributed by atoms with E-state index in [1.165, 1.54) is 19.3 Å². The van der Waals surface area contributed by atoms with Gasteiger partial charge < -0.3 is 15.8 Å². The third-order valence-corrected chi connectivity index (χ3v) is 4.98. The van der Waals surface area contributed by atoms with Crippen molar-refractivity contribution < 1.29 is 9.53 Å². The van der Waals surface area contributed by atoms with Gasteiger partial charge in [-0.05, 0) is 31.2 Å². The van der Waals surface area contributed by atoms with E-state index in [1.54, 1.807) is 6.07 Å². The molecule has 0 radical (unpaired) electrons. The second-order valence-corrected chi connectivity index (χ2v) is 6.48. The highest BCUT2D eigenvalue weighted by molar-refractivity contribution is 7.99. The molecule has 0 spiro atoms. The van der Waals surface area contributed by atoms with Crippen molar-refractivity contribution in [2.24, 2.45) is 0 Å². The molecule has 5 heteroatoms. The molecule has 2 atom stereocenters. The van der Waals surface area contributed by atoms with Crippen LogP contribution in [0.4, 0.5) is 5.69 Å². The Morgan fingerprint density at radius 1 is 1.43 bits per heavy atom. The van der Waals surface area contributed by atoms with Crippen LogP contribution in [0.2, 0.25) is 0 Å². The molecule has 3 N–H and O–H groups in total. The molecule has 2 rings (SSSR count). The Balaban J connectivity index is 1.72. The van der Waals surface area contributed by atoms with Crippen LogP contribution >= 0.6 is 11.8 Å². The summed E-state index contributed by atoms with van der Waals surface area (Å²) in [5, 5.41) is 3.71. The molecule has 0 heterocycles.